The van der Waals surface area contributed by atoms with Crippen LogP contribution in [0.2, 0.25) is 0 Å². The lowest BCUT2D eigenvalue weighted by molar-refractivity contribution is 0.0929. The molecule has 0 aliphatic carbocycles. The lowest BCUT2D eigenvalue weighted by Crippen LogP contribution is -2.26. The highest BCUT2D eigenvalue weighted by Gasteiger charge is 2.17. The van der Waals surface area contributed by atoms with E-state index in [0.717, 1.165) is 11.1 Å². The second kappa shape index (κ2) is 8.00. The Morgan fingerprint density at radius 2 is 1.80 bits per heavy atom. The average molecular weight is 402 g/mol. The summed E-state index contributed by atoms with van der Waals surface area (Å²) in [5.41, 5.74) is 7.92. The smallest absolute Gasteiger partial charge is 0.273 e. The molecule has 0 radical (unpaired) electrons. The van der Waals surface area contributed by atoms with Crippen molar-refractivity contribution in [1.82, 2.24) is 25.5 Å². The van der Waals surface area contributed by atoms with Gasteiger partial charge in [-0.3, -0.25) is 9.59 Å². The number of hydrogen-bond donors (Lipinski definition) is 2. The number of carbonyl (C=O) groups excluding carboxylic acids is 2. The Labute approximate surface area is 171 Å². The monoisotopic (exact) mass is 402 g/mol. The number of carbonyl (C=O) groups is 2. The summed E-state index contributed by atoms with van der Waals surface area (Å²) < 4.78 is 6.74. The van der Waals surface area contributed by atoms with Crippen LogP contribution in [0.4, 0.5) is 0 Å². The molecule has 0 saturated carbocycles. The molecule has 9 nitrogen and oxygen atoms in total. The maximum Gasteiger partial charge on any atom is 0.273 e. The first kappa shape index (κ1) is 19.1. The molecule has 0 aliphatic rings. The number of benzene rings is 2. The van der Waals surface area contributed by atoms with Gasteiger partial charge in [-0.05, 0) is 24.6 Å². The van der Waals surface area contributed by atoms with Gasteiger partial charge >= 0.3 is 0 Å². The third-order valence-electron chi connectivity index (χ3n) is 4.55. The Bertz CT molecular complexity index is 1180. The summed E-state index contributed by atoms with van der Waals surface area (Å²) in [4.78, 5) is 23.7. The van der Waals surface area contributed by atoms with Gasteiger partial charge < -0.3 is 15.6 Å². The summed E-state index contributed by atoms with van der Waals surface area (Å²) in [7, 11) is 0. The maximum atomic E-state index is 12.5. The van der Waals surface area contributed by atoms with Crippen LogP contribution < -0.4 is 11.1 Å². The lowest BCUT2D eigenvalue weighted by Gasteiger charge is -2.13. The normalized spacial score (nSPS) is 11.8. The Hall–Kier alpha value is -4.27. The maximum absolute atomic E-state index is 12.5. The van der Waals surface area contributed by atoms with Crippen molar-refractivity contribution in [3.8, 4) is 17.0 Å². The zero-order valence-corrected chi connectivity index (χ0v) is 16.0. The first-order chi connectivity index (χ1) is 14.5. The van der Waals surface area contributed by atoms with Gasteiger partial charge in [-0.25, -0.2) is 4.68 Å². The number of primary amides is 1. The summed E-state index contributed by atoms with van der Waals surface area (Å²) in [6.07, 6.45) is 1.46. The van der Waals surface area contributed by atoms with Gasteiger partial charge in [0.05, 0.1) is 17.9 Å². The van der Waals surface area contributed by atoms with Gasteiger partial charge in [0.2, 0.25) is 0 Å². The number of nitrogens with two attached hydrogens (primary N) is 1. The van der Waals surface area contributed by atoms with E-state index < -0.39 is 5.91 Å². The zero-order valence-electron chi connectivity index (χ0n) is 16.0. The number of amides is 2. The molecule has 0 aliphatic heterocycles. The number of aromatic nitrogens is 4. The number of nitrogens with zero attached hydrogens (tertiary/aromatic N) is 4. The molecule has 3 N–H and O–H groups in total. The molecule has 1 unspecified atom stereocenters. The van der Waals surface area contributed by atoms with E-state index in [2.05, 4.69) is 20.8 Å². The molecular formula is C21H18N6O3. The molecule has 4 rings (SSSR count). The first-order valence-electron chi connectivity index (χ1n) is 9.17. The fourth-order valence-electron chi connectivity index (χ4n) is 2.89. The Kier molecular flexibility index (Phi) is 5.08. The highest BCUT2D eigenvalue weighted by Crippen LogP contribution is 2.21. The van der Waals surface area contributed by atoms with Crippen molar-refractivity contribution in [3.63, 3.8) is 0 Å². The van der Waals surface area contributed by atoms with Crippen LogP contribution >= 0.6 is 0 Å². The molecule has 0 spiro atoms. The molecule has 150 valence electrons. The van der Waals surface area contributed by atoms with Gasteiger partial charge in [0.15, 0.2) is 17.1 Å². The van der Waals surface area contributed by atoms with E-state index in [9.17, 15) is 9.59 Å². The molecule has 0 saturated heterocycles. The molecule has 0 fully saturated rings. The molecule has 0 bridgehead atoms. The highest BCUT2D eigenvalue weighted by molar-refractivity contribution is 5.93. The van der Waals surface area contributed by atoms with E-state index in [4.69, 9.17) is 10.3 Å². The van der Waals surface area contributed by atoms with Crippen LogP contribution in [-0.2, 0) is 0 Å². The minimum atomic E-state index is -0.641. The molecule has 2 aromatic heterocycles. The number of hydrogen-bond acceptors (Lipinski definition) is 6. The summed E-state index contributed by atoms with van der Waals surface area (Å²) in [5.74, 6) is -0.446. The van der Waals surface area contributed by atoms with Crippen LogP contribution in [0.1, 0.15) is 39.5 Å². The van der Waals surface area contributed by atoms with Crippen molar-refractivity contribution in [1.29, 1.82) is 0 Å². The van der Waals surface area contributed by atoms with Crippen LogP contribution in [0.5, 0.6) is 0 Å². The van der Waals surface area contributed by atoms with Gasteiger partial charge in [0.1, 0.15) is 0 Å². The standard InChI is InChI=1S/C21H18N6O3/c1-13(14-7-9-16(10-8-14)27-12-18(20(22)28)24-26-27)23-21(29)17-11-19(30-25-17)15-5-3-2-4-6-15/h2-13H,1H3,(H2,22,28)(H,23,29). The third-order valence-corrected chi connectivity index (χ3v) is 4.55. The van der Waals surface area contributed by atoms with Gasteiger partial charge in [-0.15, -0.1) is 5.10 Å². The molecule has 2 amide bonds. The molecule has 2 aromatic carbocycles. The molecular weight excluding hydrogens is 384 g/mol. The van der Waals surface area contributed by atoms with Gasteiger partial charge in [0.25, 0.3) is 11.8 Å². The average Bonchev–Trinajstić information content (AvgIpc) is 3.45. The zero-order chi connectivity index (χ0) is 21.1. The fourth-order valence-corrected chi connectivity index (χ4v) is 2.89. The Balaban J connectivity index is 1.43. The van der Waals surface area contributed by atoms with Gasteiger partial charge in [-0.2, -0.15) is 0 Å². The Morgan fingerprint density at radius 3 is 2.47 bits per heavy atom. The minimum absolute atomic E-state index is 0.0854. The van der Waals surface area contributed by atoms with E-state index >= 15 is 0 Å². The van der Waals surface area contributed by atoms with E-state index in [0.29, 0.717) is 11.4 Å². The van der Waals surface area contributed by atoms with E-state index in [1.165, 1.54) is 10.9 Å². The Morgan fingerprint density at radius 1 is 1.07 bits per heavy atom. The van der Waals surface area contributed by atoms with Crippen molar-refractivity contribution in [2.24, 2.45) is 5.73 Å². The second-order valence-corrected chi connectivity index (χ2v) is 6.64. The van der Waals surface area contributed by atoms with Crippen LogP contribution in [-0.4, -0.2) is 32.0 Å². The van der Waals surface area contributed by atoms with Crippen LogP contribution in [0.3, 0.4) is 0 Å². The number of rotatable bonds is 6. The summed E-state index contributed by atoms with van der Waals surface area (Å²) in [5, 5.41) is 14.4. The van der Waals surface area contributed by atoms with E-state index in [1.807, 2.05) is 49.4 Å². The van der Waals surface area contributed by atoms with Crippen molar-refractivity contribution >= 4 is 11.8 Å². The van der Waals surface area contributed by atoms with Crippen molar-refractivity contribution in [2.45, 2.75) is 13.0 Å². The molecule has 4 aromatic rings. The molecule has 9 heteroatoms. The second-order valence-electron chi connectivity index (χ2n) is 6.64. The highest BCUT2D eigenvalue weighted by atomic mass is 16.5. The van der Waals surface area contributed by atoms with Crippen LogP contribution in [0.25, 0.3) is 17.0 Å². The SMILES string of the molecule is CC(NC(=O)c1cc(-c2ccccc2)on1)c1ccc(-n2cc(C(N)=O)nn2)cc1. The first-order valence-corrected chi connectivity index (χ1v) is 9.17. The fraction of sp³-hybridized carbons (Fsp3) is 0.0952. The summed E-state index contributed by atoms with van der Waals surface area (Å²) in [6.45, 7) is 1.87. The van der Waals surface area contributed by atoms with Crippen molar-refractivity contribution in [3.05, 3.63) is 83.8 Å². The van der Waals surface area contributed by atoms with Crippen LogP contribution in [0, 0.1) is 0 Å². The van der Waals surface area contributed by atoms with E-state index in [1.54, 1.807) is 18.2 Å². The topological polar surface area (TPSA) is 129 Å². The largest absolute Gasteiger partial charge is 0.364 e. The van der Waals surface area contributed by atoms with Gasteiger partial charge in [0, 0.05) is 11.6 Å². The lowest BCUT2D eigenvalue weighted by atomic mass is 10.1. The summed E-state index contributed by atoms with van der Waals surface area (Å²) >= 11 is 0. The quantitative estimate of drug-likeness (QED) is 0.510. The van der Waals surface area contributed by atoms with E-state index in [-0.39, 0.29) is 23.3 Å². The minimum Gasteiger partial charge on any atom is -0.364 e. The molecule has 1 atom stereocenters. The third kappa shape index (κ3) is 3.95. The number of nitrogens with one attached hydrogen (secondary N) is 1. The predicted octanol–water partition coefficient (Wildman–Crippen LogP) is 2.51. The van der Waals surface area contributed by atoms with Crippen LogP contribution in [0.15, 0.2) is 71.4 Å². The molecule has 30 heavy (non-hydrogen) atoms. The van der Waals surface area contributed by atoms with Crippen molar-refractivity contribution < 1.29 is 14.1 Å². The predicted molar refractivity (Wildman–Crippen MR) is 108 cm³/mol. The summed E-state index contributed by atoms with van der Waals surface area (Å²) in [6, 6.07) is 18.1. The molecule has 2 heterocycles. The van der Waals surface area contributed by atoms with Gasteiger partial charge in [-0.1, -0.05) is 52.8 Å². The van der Waals surface area contributed by atoms with Crippen molar-refractivity contribution in [2.75, 3.05) is 0 Å².